The number of amides is 1. The molecule has 0 radical (unpaired) electrons. The average Bonchev–Trinajstić information content (AvgIpc) is 3.03. The topological polar surface area (TPSA) is 84.1 Å². The van der Waals surface area contributed by atoms with Crippen LogP contribution in [0.1, 0.15) is 20.8 Å². The van der Waals surface area contributed by atoms with Gasteiger partial charge in [0.05, 0.1) is 5.56 Å². The molecule has 0 bridgehead atoms. The largest absolute Gasteiger partial charge is 0.573 e. The third-order valence-electron chi connectivity index (χ3n) is 3.36. The zero-order valence-corrected chi connectivity index (χ0v) is 14.4. The van der Waals surface area contributed by atoms with Crippen molar-refractivity contribution < 1.29 is 22.7 Å². The summed E-state index contributed by atoms with van der Waals surface area (Å²) in [5.74, 6) is -0.704. The van der Waals surface area contributed by atoms with Gasteiger partial charge in [0.15, 0.2) is 5.13 Å². The molecule has 27 heavy (non-hydrogen) atoms. The van der Waals surface area contributed by atoms with E-state index < -0.39 is 12.3 Å². The van der Waals surface area contributed by atoms with Gasteiger partial charge in [-0.05, 0) is 23.8 Å². The second kappa shape index (κ2) is 7.62. The van der Waals surface area contributed by atoms with Crippen molar-refractivity contribution in [2.75, 3.05) is 5.32 Å². The second-order valence-corrected chi connectivity index (χ2v) is 6.51. The SMILES string of the molecule is O=C(Nc1ncc(Cc2ccc(OC(F)(F)F)cc2)s1)c1ccc(=O)[nH]c1. The predicted molar refractivity (Wildman–Crippen MR) is 93.1 cm³/mol. The van der Waals surface area contributed by atoms with Gasteiger partial charge < -0.3 is 9.72 Å². The second-order valence-electron chi connectivity index (χ2n) is 5.40. The van der Waals surface area contributed by atoms with Gasteiger partial charge in [-0.1, -0.05) is 12.1 Å². The lowest BCUT2D eigenvalue weighted by Gasteiger charge is -2.08. The first-order valence-corrected chi connectivity index (χ1v) is 8.40. The number of pyridine rings is 1. The van der Waals surface area contributed by atoms with Gasteiger partial charge in [-0.2, -0.15) is 0 Å². The number of thiazole rings is 1. The Morgan fingerprint density at radius 1 is 1.19 bits per heavy atom. The number of benzene rings is 1. The molecule has 0 saturated heterocycles. The number of anilines is 1. The first kappa shape index (κ1) is 18.6. The Kier molecular flexibility index (Phi) is 5.26. The number of nitrogens with zero attached hydrogens (tertiary/aromatic N) is 1. The summed E-state index contributed by atoms with van der Waals surface area (Å²) < 4.78 is 40.3. The number of ether oxygens (including phenoxy) is 1. The Hall–Kier alpha value is -3.14. The van der Waals surface area contributed by atoms with Crippen LogP contribution in [-0.2, 0) is 6.42 Å². The van der Waals surface area contributed by atoms with Crippen molar-refractivity contribution in [3.8, 4) is 5.75 Å². The number of carbonyl (C=O) groups is 1. The molecule has 0 aliphatic rings. The predicted octanol–water partition coefficient (Wildman–Crippen LogP) is 3.57. The summed E-state index contributed by atoms with van der Waals surface area (Å²) in [7, 11) is 0. The van der Waals surface area contributed by atoms with E-state index in [-0.39, 0.29) is 16.9 Å². The molecule has 3 rings (SSSR count). The highest BCUT2D eigenvalue weighted by atomic mass is 32.1. The summed E-state index contributed by atoms with van der Waals surface area (Å²) in [5.41, 5.74) is 0.744. The molecule has 2 N–H and O–H groups in total. The lowest BCUT2D eigenvalue weighted by atomic mass is 10.1. The van der Waals surface area contributed by atoms with Crippen molar-refractivity contribution in [1.82, 2.24) is 9.97 Å². The van der Waals surface area contributed by atoms with Crippen LogP contribution in [0.4, 0.5) is 18.3 Å². The average molecular weight is 395 g/mol. The Balaban J connectivity index is 1.61. The number of aromatic amines is 1. The van der Waals surface area contributed by atoms with Crippen LogP contribution in [0.2, 0.25) is 0 Å². The molecule has 3 aromatic rings. The minimum absolute atomic E-state index is 0.284. The maximum Gasteiger partial charge on any atom is 0.573 e. The third kappa shape index (κ3) is 5.42. The highest BCUT2D eigenvalue weighted by molar-refractivity contribution is 7.15. The van der Waals surface area contributed by atoms with E-state index in [1.165, 1.54) is 53.9 Å². The van der Waals surface area contributed by atoms with Crippen LogP contribution in [0.25, 0.3) is 0 Å². The molecular weight excluding hydrogens is 383 g/mol. The normalized spacial score (nSPS) is 11.2. The van der Waals surface area contributed by atoms with E-state index in [0.717, 1.165) is 10.4 Å². The number of hydrogen-bond acceptors (Lipinski definition) is 5. The van der Waals surface area contributed by atoms with E-state index in [4.69, 9.17) is 0 Å². The molecule has 1 amide bonds. The van der Waals surface area contributed by atoms with Gasteiger partial charge in [-0.25, -0.2) is 4.98 Å². The van der Waals surface area contributed by atoms with Crippen LogP contribution in [0.3, 0.4) is 0 Å². The fraction of sp³-hybridized carbons (Fsp3) is 0.118. The molecule has 0 aliphatic heterocycles. The van der Waals surface area contributed by atoms with Crippen LogP contribution >= 0.6 is 11.3 Å². The van der Waals surface area contributed by atoms with Crippen molar-refractivity contribution in [2.45, 2.75) is 12.8 Å². The van der Waals surface area contributed by atoms with E-state index in [1.54, 1.807) is 6.20 Å². The standard InChI is InChI=1S/C17H12F3N3O3S/c18-17(19,20)26-12-4-1-10(2-5-12)7-13-9-22-16(27-13)23-15(25)11-3-6-14(24)21-8-11/h1-6,8-9H,7H2,(H,21,24)(H,22,23,25). The number of H-pyrrole nitrogens is 1. The molecule has 0 atom stereocenters. The lowest BCUT2D eigenvalue weighted by molar-refractivity contribution is -0.274. The molecule has 0 fully saturated rings. The molecule has 2 heterocycles. The fourth-order valence-corrected chi connectivity index (χ4v) is 3.02. The molecule has 0 unspecified atom stereocenters. The van der Waals surface area contributed by atoms with Gasteiger partial charge in [-0.15, -0.1) is 24.5 Å². The van der Waals surface area contributed by atoms with Crippen LogP contribution in [0.15, 0.2) is 53.6 Å². The summed E-state index contributed by atoms with van der Waals surface area (Å²) in [6.45, 7) is 0. The maximum absolute atomic E-state index is 12.2. The molecule has 140 valence electrons. The van der Waals surface area contributed by atoms with Gasteiger partial charge in [0.25, 0.3) is 5.91 Å². The molecule has 6 nitrogen and oxygen atoms in total. The molecule has 1 aromatic carbocycles. The Labute approximate surface area is 154 Å². The third-order valence-corrected chi connectivity index (χ3v) is 4.27. The van der Waals surface area contributed by atoms with Gasteiger partial charge in [0.1, 0.15) is 5.75 Å². The molecule has 0 saturated carbocycles. The quantitative estimate of drug-likeness (QED) is 0.692. The zero-order chi connectivity index (χ0) is 19.4. The van der Waals surface area contributed by atoms with Gasteiger partial charge in [-0.3, -0.25) is 14.9 Å². The summed E-state index contributed by atoms with van der Waals surface area (Å²) in [6, 6.07) is 8.17. The number of nitrogens with one attached hydrogen (secondary N) is 2. The first-order valence-electron chi connectivity index (χ1n) is 7.58. The molecular formula is C17H12F3N3O3S. The minimum atomic E-state index is -4.72. The van der Waals surface area contributed by atoms with E-state index in [2.05, 4.69) is 20.0 Å². The number of aromatic nitrogens is 2. The van der Waals surface area contributed by atoms with Crippen molar-refractivity contribution in [3.63, 3.8) is 0 Å². The monoisotopic (exact) mass is 395 g/mol. The lowest BCUT2D eigenvalue weighted by Crippen LogP contribution is -2.17. The van der Waals surface area contributed by atoms with Gasteiger partial charge >= 0.3 is 6.36 Å². The van der Waals surface area contributed by atoms with E-state index in [1.807, 2.05) is 0 Å². The maximum atomic E-state index is 12.2. The van der Waals surface area contributed by atoms with E-state index >= 15 is 0 Å². The number of hydrogen-bond donors (Lipinski definition) is 2. The smallest absolute Gasteiger partial charge is 0.406 e. The number of alkyl halides is 3. The van der Waals surface area contributed by atoms with Crippen molar-refractivity contribution in [2.24, 2.45) is 0 Å². The molecule has 0 aliphatic carbocycles. The van der Waals surface area contributed by atoms with Crippen LogP contribution in [-0.4, -0.2) is 22.2 Å². The van der Waals surface area contributed by atoms with Crippen molar-refractivity contribution in [3.05, 3.63) is 75.1 Å². The first-order chi connectivity index (χ1) is 12.8. The van der Waals surface area contributed by atoms with Gasteiger partial charge in [0.2, 0.25) is 5.56 Å². The fourth-order valence-electron chi connectivity index (χ4n) is 2.18. The number of rotatable bonds is 5. The Bertz CT molecular complexity index is 976. The molecule has 10 heteroatoms. The van der Waals surface area contributed by atoms with Crippen LogP contribution in [0, 0.1) is 0 Å². The van der Waals surface area contributed by atoms with E-state index in [0.29, 0.717) is 11.6 Å². The van der Waals surface area contributed by atoms with E-state index in [9.17, 15) is 22.8 Å². The number of carbonyl (C=O) groups excluding carboxylic acids is 1. The summed E-state index contributed by atoms with van der Waals surface area (Å²) in [6.07, 6.45) is -1.40. The number of halogens is 3. The molecule has 0 spiro atoms. The Morgan fingerprint density at radius 3 is 2.56 bits per heavy atom. The van der Waals surface area contributed by atoms with Crippen LogP contribution in [0.5, 0.6) is 5.75 Å². The van der Waals surface area contributed by atoms with Gasteiger partial charge in [0, 0.05) is 29.8 Å². The summed E-state index contributed by atoms with van der Waals surface area (Å²) in [5, 5.41) is 2.99. The molecule has 2 aromatic heterocycles. The van der Waals surface area contributed by atoms with Crippen molar-refractivity contribution >= 4 is 22.4 Å². The van der Waals surface area contributed by atoms with Crippen LogP contribution < -0.4 is 15.6 Å². The minimum Gasteiger partial charge on any atom is -0.406 e. The summed E-state index contributed by atoms with van der Waals surface area (Å²) >= 11 is 1.24. The highest BCUT2D eigenvalue weighted by Gasteiger charge is 2.30. The summed E-state index contributed by atoms with van der Waals surface area (Å²) in [4.78, 5) is 30.4. The highest BCUT2D eigenvalue weighted by Crippen LogP contribution is 2.25. The zero-order valence-electron chi connectivity index (χ0n) is 13.5. The van der Waals surface area contributed by atoms with Crippen molar-refractivity contribution in [1.29, 1.82) is 0 Å². The Morgan fingerprint density at radius 2 is 1.93 bits per heavy atom.